The maximum absolute atomic E-state index is 9.45. The van der Waals surface area contributed by atoms with E-state index in [-0.39, 0.29) is 0 Å². The van der Waals surface area contributed by atoms with E-state index in [4.69, 9.17) is 10.1 Å². The second-order valence-electron chi connectivity index (χ2n) is 6.21. The Kier molecular flexibility index (Phi) is 4.02. The van der Waals surface area contributed by atoms with Gasteiger partial charge in [-0.1, -0.05) is 18.2 Å². The van der Waals surface area contributed by atoms with Crippen LogP contribution in [0.3, 0.4) is 0 Å². The van der Waals surface area contributed by atoms with Crippen molar-refractivity contribution in [1.82, 2.24) is 19.7 Å². The Morgan fingerprint density at radius 1 is 1.16 bits per heavy atom. The van der Waals surface area contributed by atoms with Crippen LogP contribution in [0.4, 0.5) is 0 Å². The predicted octanol–water partition coefficient (Wildman–Crippen LogP) is 4.18. The lowest BCUT2D eigenvalue weighted by molar-refractivity contribution is 0.782. The molecule has 0 radical (unpaired) electrons. The predicted molar refractivity (Wildman–Crippen MR) is 95.9 cm³/mol. The molecule has 0 saturated heterocycles. The molecule has 0 aliphatic heterocycles. The van der Waals surface area contributed by atoms with E-state index in [0.29, 0.717) is 16.6 Å². The number of aromatic nitrogens is 4. The summed E-state index contributed by atoms with van der Waals surface area (Å²) in [6, 6.07) is 14.3. The van der Waals surface area contributed by atoms with Gasteiger partial charge in [-0.25, -0.2) is 9.67 Å². The number of rotatable bonds is 4. The van der Waals surface area contributed by atoms with Crippen LogP contribution in [0.15, 0.2) is 46.5 Å². The molecular weight excluding hydrogens is 330 g/mol. The van der Waals surface area contributed by atoms with E-state index in [2.05, 4.69) is 11.1 Å². The van der Waals surface area contributed by atoms with Crippen molar-refractivity contribution in [2.75, 3.05) is 0 Å². The number of para-hydroxylation sites is 1. The molecule has 0 amide bonds. The lowest BCUT2D eigenvalue weighted by atomic mass is 10.2. The molecule has 124 valence electrons. The van der Waals surface area contributed by atoms with Gasteiger partial charge < -0.3 is 0 Å². The number of aryl methyl sites for hydroxylation is 2. The molecule has 0 N–H and O–H groups in total. The fraction of sp³-hybridized carbons (Fsp3) is 0.263. The lowest BCUT2D eigenvalue weighted by Gasteiger charge is -2.05. The highest BCUT2D eigenvalue weighted by Crippen LogP contribution is 2.41. The summed E-state index contributed by atoms with van der Waals surface area (Å²) in [7, 11) is 0. The molecule has 1 aliphatic carbocycles. The second-order valence-corrected chi connectivity index (χ2v) is 7.22. The molecule has 2 heterocycles. The normalized spacial score (nSPS) is 13.6. The second kappa shape index (κ2) is 6.34. The van der Waals surface area contributed by atoms with Gasteiger partial charge in [0.1, 0.15) is 11.9 Å². The first-order valence-electron chi connectivity index (χ1n) is 8.24. The molecule has 0 bridgehead atoms. The molecule has 0 spiro atoms. The molecule has 1 fully saturated rings. The zero-order valence-corrected chi connectivity index (χ0v) is 14.9. The molecule has 3 aromatic rings. The van der Waals surface area contributed by atoms with Crippen molar-refractivity contribution in [3.63, 3.8) is 0 Å². The van der Waals surface area contributed by atoms with Gasteiger partial charge in [0.15, 0.2) is 0 Å². The van der Waals surface area contributed by atoms with E-state index in [9.17, 15) is 5.26 Å². The first-order chi connectivity index (χ1) is 12.2. The van der Waals surface area contributed by atoms with Crippen LogP contribution in [0.25, 0.3) is 5.69 Å². The topological polar surface area (TPSA) is 67.4 Å². The van der Waals surface area contributed by atoms with Crippen LogP contribution in [-0.2, 0) is 0 Å². The third-order valence-corrected chi connectivity index (χ3v) is 5.06. The van der Waals surface area contributed by atoms with Crippen LogP contribution >= 0.6 is 11.8 Å². The van der Waals surface area contributed by atoms with Gasteiger partial charge in [0.25, 0.3) is 0 Å². The standard InChI is InChI=1S/C19H17N5S/c1-12-10-17(16(11-20)13(2)21-12)25-19-22-18(14-8-9-14)24(23-19)15-6-4-3-5-7-15/h3-7,10,14H,8-9H2,1-2H3. The van der Waals surface area contributed by atoms with Crippen molar-refractivity contribution in [2.24, 2.45) is 0 Å². The Labute approximate surface area is 150 Å². The van der Waals surface area contributed by atoms with Crippen molar-refractivity contribution in [2.45, 2.75) is 42.7 Å². The molecule has 25 heavy (non-hydrogen) atoms. The van der Waals surface area contributed by atoms with Crippen LogP contribution in [0, 0.1) is 25.2 Å². The Balaban J connectivity index is 1.75. The minimum Gasteiger partial charge on any atom is -0.257 e. The fourth-order valence-corrected chi connectivity index (χ4v) is 3.80. The third kappa shape index (κ3) is 3.15. The zero-order chi connectivity index (χ0) is 17.4. The monoisotopic (exact) mass is 347 g/mol. The van der Waals surface area contributed by atoms with Gasteiger partial charge >= 0.3 is 0 Å². The molecule has 1 saturated carbocycles. The summed E-state index contributed by atoms with van der Waals surface area (Å²) in [6.45, 7) is 3.80. The molecule has 5 nitrogen and oxygen atoms in total. The molecule has 0 unspecified atom stereocenters. The summed E-state index contributed by atoms with van der Waals surface area (Å²) in [5.41, 5.74) is 3.25. The average Bonchev–Trinajstić information content (AvgIpc) is 3.36. The van der Waals surface area contributed by atoms with E-state index >= 15 is 0 Å². The first-order valence-corrected chi connectivity index (χ1v) is 9.06. The van der Waals surface area contributed by atoms with E-state index in [1.165, 1.54) is 11.8 Å². The largest absolute Gasteiger partial charge is 0.257 e. The summed E-state index contributed by atoms with van der Waals surface area (Å²) < 4.78 is 1.94. The van der Waals surface area contributed by atoms with Gasteiger partial charge in [-0.05, 0) is 56.7 Å². The van der Waals surface area contributed by atoms with Gasteiger partial charge in [0.2, 0.25) is 5.16 Å². The highest BCUT2D eigenvalue weighted by Gasteiger charge is 2.30. The maximum Gasteiger partial charge on any atom is 0.214 e. The first kappa shape index (κ1) is 15.9. The Bertz CT molecular complexity index is 967. The van der Waals surface area contributed by atoms with E-state index in [0.717, 1.165) is 40.6 Å². The van der Waals surface area contributed by atoms with Crippen LogP contribution in [0.5, 0.6) is 0 Å². The average molecular weight is 347 g/mol. The minimum atomic E-state index is 0.485. The summed E-state index contributed by atoms with van der Waals surface area (Å²) in [4.78, 5) is 10.00. The minimum absolute atomic E-state index is 0.485. The van der Waals surface area contributed by atoms with Gasteiger partial charge in [-0.15, -0.1) is 5.10 Å². The Morgan fingerprint density at radius 3 is 2.60 bits per heavy atom. The number of nitrogens with zero attached hydrogens (tertiary/aromatic N) is 5. The van der Waals surface area contributed by atoms with E-state index in [1.54, 1.807) is 0 Å². The molecule has 0 atom stereocenters. The number of benzene rings is 1. The van der Waals surface area contributed by atoms with Gasteiger partial charge in [-0.3, -0.25) is 4.98 Å². The molecule has 6 heteroatoms. The van der Waals surface area contributed by atoms with Crippen molar-refractivity contribution in [1.29, 1.82) is 5.26 Å². The highest BCUT2D eigenvalue weighted by molar-refractivity contribution is 7.99. The molecular formula is C19H17N5S. The maximum atomic E-state index is 9.45. The van der Waals surface area contributed by atoms with Crippen molar-refractivity contribution < 1.29 is 0 Å². The summed E-state index contributed by atoms with van der Waals surface area (Å²) in [5.74, 6) is 1.49. The Morgan fingerprint density at radius 2 is 1.92 bits per heavy atom. The molecule has 1 aromatic carbocycles. The van der Waals surface area contributed by atoms with Crippen LogP contribution < -0.4 is 0 Å². The van der Waals surface area contributed by atoms with E-state index in [1.807, 2.05) is 54.9 Å². The number of hydrogen-bond donors (Lipinski definition) is 0. The summed E-state index contributed by atoms with van der Waals surface area (Å²) in [5, 5.41) is 14.8. The third-order valence-electron chi connectivity index (χ3n) is 4.16. The van der Waals surface area contributed by atoms with Gasteiger partial charge in [0, 0.05) is 16.5 Å². The number of pyridine rings is 1. The highest BCUT2D eigenvalue weighted by atomic mass is 32.2. The van der Waals surface area contributed by atoms with Crippen molar-refractivity contribution >= 4 is 11.8 Å². The number of hydrogen-bond acceptors (Lipinski definition) is 5. The van der Waals surface area contributed by atoms with E-state index < -0.39 is 0 Å². The quantitative estimate of drug-likeness (QED) is 0.708. The smallest absolute Gasteiger partial charge is 0.214 e. The van der Waals surface area contributed by atoms with Crippen molar-refractivity contribution in [3.8, 4) is 11.8 Å². The molecule has 4 rings (SSSR count). The molecule has 1 aliphatic rings. The summed E-state index contributed by atoms with van der Waals surface area (Å²) in [6.07, 6.45) is 2.32. The SMILES string of the molecule is Cc1cc(Sc2nc(C3CC3)n(-c3ccccc3)n2)c(C#N)c(C)n1. The molecule has 2 aromatic heterocycles. The van der Waals surface area contributed by atoms with Crippen LogP contribution in [-0.4, -0.2) is 19.7 Å². The van der Waals surface area contributed by atoms with Crippen molar-refractivity contribution in [3.05, 3.63) is 59.2 Å². The number of nitriles is 1. The van der Waals surface area contributed by atoms with Gasteiger partial charge in [-0.2, -0.15) is 5.26 Å². The Hall–Kier alpha value is -2.65. The zero-order valence-electron chi connectivity index (χ0n) is 14.1. The van der Waals surface area contributed by atoms with Crippen LogP contribution in [0.2, 0.25) is 0 Å². The fourth-order valence-electron chi connectivity index (χ4n) is 2.82. The van der Waals surface area contributed by atoms with Gasteiger partial charge in [0.05, 0.1) is 16.9 Å². The summed E-state index contributed by atoms with van der Waals surface area (Å²) >= 11 is 1.44. The van der Waals surface area contributed by atoms with Crippen LogP contribution in [0.1, 0.15) is 41.5 Å². The lowest BCUT2D eigenvalue weighted by Crippen LogP contribution is -2.01.